The summed E-state index contributed by atoms with van der Waals surface area (Å²) in [5.74, 6) is -1.34. The fraction of sp³-hybridized carbons (Fsp3) is 0.0667. The highest BCUT2D eigenvalue weighted by Gasteiger charge is 2.15. The Labute approximate surface area is 129 Å². The molecule has 0 fully saturated rings. The zero-order chi connectivity index (χ0) is 15.6. The van der Waals surface area contributed by atoms with Gasteiger partial charge >= 0.3 is 5.97 Å². The number of carbonyl (C=O) groups is 2. The molecule has 0 heterocycles. The third-order valence-corrected chi connectivity index (χ3v) is 3.67. The summed E-state index contributed by atoms with van der Waals surface area (Å²) in [4.78, 5) is 24.5. The molecule has 2 aromatic rings. The maximum atomic E-state index is 12.3. The number of carbonyl (C=O) groups excluding carboxylic acids is 1. The molecule has 6 heteroatoms. The summed E-state index contributed by atoms with van der Waals surface area (Å²) in [6.45, 7) is 0. The molecule has 0 spiro atoms. The Balaban J connectivity index is 2.25. The molecule has 0 bridgehead atoms. The minimum Gasteiger partial charge on any atom is -0.507 e. The quantitative estimate of drug-likeness (QED) is 0.892. The fourth-order valence-electron chi connectivity index (χ4n) is 1.78. The van der Waals surface area contributed by atoms with Gasteiger partial charge in [-0.25, -0.2) is 4.79 Å². The molecule has 0 unspecified atom stereocenters. The zero-order valence-electron chi connectivity index (χ0n) is 11.1. The van der Waals surface area contributed by atoms with Gasteiger partial charge in [-0.15, -0.1) is 0 Å². The monoisotopic (exact) mass is 349 g/mol. The van der Waals surface area contributed by atoms with Crippen molar-refractivity contribution in [1.29, 1.82) is 0 Å². The summed E-state index contributed by atoms with van der Waals surface area (Å²) in [6, 6.07) is 10.5. The lowest BCUT2D eigenvalue weighted by Gasteiger charge is -2.17. The van der Waals surface area contributed by atoms with E-state index in [1.165, 1.54) is 23.1 Å². The molecular weight excluding hydrogens is 338 g/mol. The molecule has 0 aliphatic carbocycles. The van der Waals surface area contributed by atoms with Crippen LogP contribution in [0.25, 0.3) is 0 Å². The zero-order valence-corrected chi connectivity index (χ0v) is 12.7. The third kappa shape index (κ3) is 3.22. The molecule has 0 radical (unpaired) electrons. The second-order valence-corrected chi connectivity index (χ2v) is 5.24. The first-order valence-electron chi connectivity index (χ1n) is 6.00. The summed E-state index contributed by atoms with van der Waals surface area (Å²) in [5, 5.41) is 18.5. The minimum absolute atomic E-state index is 0.0181. The Morgan fingerprint density at radius 3 is 2.14 bits per heavy atom. The van der Waals surface area contributed by atoms with Crippen molar-refractivity contribution in [3.8, 4) is 5.75 Å². The van der Waals surface area contributed by atoms with Crippen LogP contribution in [0.5, 0.6) is 5.75 Å². The van der Waals surface area contributed by atoms with E-state index in [4.69, 9.17) is 5.11 Å². The van der Waals surface area contributed by atoms with Gasteiger partial charge < -0.3 is 15.1 Å². The van der Waals surface area contributed by atoms with Gasteiger partial charge in [0.2, 0.25) is 0 Å². The predicted molar refractivity (Wildman–Crippen MR) is 81.9 cm³/mol. The van der Waals surface area contributed by atoms with Gasteiger partial charge in [-0.3, -0.25) is 4.79 Å². The first-order valence-corrected chi connectivity index (χ1v) is 6.79. The van der Waals surface area contributed by atoms with Crippen LogP contribution in [0.3, 0.4) is 0 Å². The van der Waals surface area contributed by atoms with E-state index in [9.17, 15) is 14.7 Å². The number of nitrogens with zero attached hydrogens (tertiary/aromatic N) is 1. The van der Waals surface area contributed by atoms with Crippen LogP contribution in [-0.2, 0) is 0 Å². The van der Waals surface area contributed by atoms with Gasteiger partial charge in [-0.05, 0) is 58.4 Å². The number of aromatic hydroxyl groups is 1. The van der Waals surface area contributed by atoms with Gasteiger partial charge in [0, 0.05) is 18.3 Å². The van der Waals surface area contributed by atoms with Crippen LogP contribution in [0.1, 0.15) is 20.7 Å². The van der Waals surface area contributed by atoms with Crippen LogP contribution in [0, 0.1) is 0 Å². The summed E-state index contributed by atoms with van der Waals surface area (Å²) in [7, 11) is 1.58. The van der Waals surface area contributed by atoms with Crippen LogP contribution in [0.15, 0.2) is 46.9 Å². The Morgan fingerprint density at radius 1 is 1.05 bits per heavy atom. The maximum absolute atomic E-state index is 12.3. The van der Waals surface area contributed by atoms with Crippen molar-refractivity contribution in [1.82, 2.24) is 0 Å². The van der Waals surface area contributed by atoms with E-state index in [1.54, 1.807) is 31.3 Å². The second-order valence-electron chi connectivity index (χ2n) is 4.38. The summed E-state index contributed by atoms with van der Waals surface area (Å²) < 4.78 is 0.507. The molecule has 2 aromatic carbocycles. The van der Waals surface area contributed by atoms with Crippen LogP contribution >= 0.6 is 15.9 Å². The minimum atomic E-state index is -1.02. The molecule has 0 atom stereocenters. The number of carboxylic acids is 1. The molecule has 1 amide bonds. The number of amides is 1. The van der Waals surface area contributed by atoms with Crippen molar-refractivity contribution in [2.45, 2.75) is 0 Å². The van der Waals surface area contributed by atoms with Crippen LogP contribution in [-0.4, -0.2) is 29.1 Å². The third-order valence-electron chi connectivity index (χ3n) is 3.00. The largest absolute Gasteiger partial charge is 0.507 e. The molecule has 5 nitrogen and oxygen atoms in total. The van der Waals surface area contributed by atoms with Crippen LogP contribution < -0.4 is 4.90 Å². The van der Waals surface area contributed by atoms with Crippen molar-refractivity contribution >= 4 is 33.5 Å². The first-order chi connectivity index (χ1) is 9.90. The fourth-order valence-corrected chi connectivity index (χ4v) is 2.03. The van der Waals surface area contributed by atoms with E-state index >= 15 is 0 Å². The van der Waals surface area contributed by atoms with E-state index in [0.29, 0.717) is 15.7 Å². The number of carboxylic acid groups (broad SMARTS) is 1. The number of anilines is 1. The summed E-state index contributed by atoms with van der Waals surface area (Å²) >= 11 is 3.15. The molecule has 0 aliphatic heterocycles. The van der Waals surface area contributed by atoms with Gasteiger partial charge in [0.05, 0.1) is 10.0 Å². The Bertz CT molecular complexity index is 697. The van der Waals surface area contributed by atoms with Gasteiger partial charge in [-0.1, -0.05) is 0 Å². The van der Waals surface area contributed by atoms with Crippen LogP contribution in [0.4, 0.5) is 5.69 Å². The number of phenolic OH excluding ortho intramolecular Hbond substituents is 1. The van der Waals surface area contributed by atoms with E-state index in [1.807, 2.05) is 0 Å². The molecule has 0 saturated carbocycles. The topological polar surface area (TPSA) is 77.8 Å². The molecule has 0 aliphatic rings. The average Bonchev–Trinajstić information content (AvgIpc) is 2.48. The average molecular weight is 350 g/mol. The van der Waals surface area contributed by atoms with Crippen molar-refractivity contribution in [2.75, 3.05) is 11.9 Å². The lowest BCUT2D eigenvalue weighted by molar-refractivity contribution is 0.0696. The van der Waals surface area contributed by atoms with Crippen molar-refractivity contribution in [3.05, 3.63) is 58.1 Å². The van der Waals surface area contributed by atoms with Gasteiger partial charge in [0.1, 0.15) is 5.75 Å². The number of benzene rings is 2. The van der Waals surface area contributed by atoms with Crippen molar-refractivity contribution < 1.29 is 19.8 Å². The van der Waals surface area contributed by atoms with Gasteiger partial charge in [0.25, 0.3) is 5.91 Å². The number of halogens is 1. The highest BCUT2D eigenvalue weighted by molar-refractivity contribution is 9.10. The molecular formula is C15H12BrNO4. The number of rotatable bonds is 3. The summed E-state index contributed by atoms with van der Waals surface area (Å²) in [6.07, 6.45) is 0. The van der Waals surface area contributed by atoms with Crippen LogP contribution in [0.2, 0.25) is 0 Å². The van der Waals surface area contributed by atoms with Gasteiger partial charge in [0.15, 0.2) is 0 Å². The number of phenols is 1. The first kappa shape index (κ1) is 15.1. The van der Waals surface area contributed by atoms with E-state index in [-0.39, 0.29) is 17.2 Å². The van der Waals surface area contributed by atoms with E-state index in [0.717, 1.165) is 0 Å². The highest BCUT2D eigenvalue weighted by Crippen LogP contribution is 2.25. The Morgan fingerprint density at radius 2 is 1.62 bits per heavy atom. The molecule has 21 heavy (non-hydrogen) atoms. The van der Waals surface area contributed by atoms with Gasteiger partial charge in [-0.2, -0.15) is 0 Å². The number of aromatic carboxylic acids is 1. The second kappa shape index (κ2) is 5.97. The predicted octanol–water partition coefficient (Wildman–Crippen LogP) is 3.13. The normalized spacial score (nSPS) is 10.2. The SMILES string of the molecule is CN(C(=O)c1ccc(Br)c(O)c1)c1ccc(C(=O)O)cc1. The number of hydrogen-bond donors (Lipinski definition) is 2. The van der Waals surface area contributed by atoms with E-state index < -0.39 is 5.97 Å². The highest BCUT2D eigenvalue weighted by atomic mass is 79.9. The molecule has 2 rings (SSSR count). The van der Waals surface area contributed by atoms with E-state index in [2.05, 4.69) is 15.9 Å². The standard InChI is InChI=1S/C15H12BrNO4/c1-17(11-5-2-9(3-6-11)15(20)21)14(19)10-4-7-12(16)13(18)8-10/h2-8,18H,1H3,(H,20,21). The molecule has 0 saturated heterocycles. The Hall–Kier alpha value is -2.34. The van der Waals surface area contributed by atoms with Crippen molar-refractivity contribution in [3.63, 3.8) is 0 Å². The maximum Gasteiger partial charge on any atom is 0.335 e. The number of hydrogen-bond acceptors (Lipinski definition) is 3. The lowest BCUT2D eigenvalue weighted by Crippen LogP contribution is -2.26. The molecule has 0 aromatic heterocycles. The molecule has 108 valence electrons. The lowest BCUT2D eigenvalue weighted by atomic mass is 10.1. The van der Waals surface area contributed by atoms with Crippen molar-refractivity contribution in [2.24, 2.45) is 0 Å². The Kier molecular flexibility index (Phi) is 4.28. The smallest absolute Gasteiger partial charge is 0.335 e. The summed E-state index contributed by atoms with van der Waals surface area (Å²) in [5.41, 5.74) is 1.05. The molecule has 2 N–H and O–H groups in total.